The minimum atomic E-state index is -5.30. The fourth-order valence-corrected chi connectivity index (χ4v) is 10.4. The van der Waals surface area contributed by atoms with Gasteiger partial charge in [0.05, 0.1) is 29.9 Å². The van der Waals surface area contributed by atoms with Crippen LogP contribution in [0.25, 0.3) is 0 Å². The number of hydrogen-bond donors (Lipinski definition) is 6. The molecule has 0 radical (unpaired) electrons. The van der Waals surface area contributed by atoms with Crippen LogP contribution in [0.4, 0.5) is 45.3 Å². The minimum Gasteiger partial charge on any atom is -0.440 e. The Hall–Kier alpha value is -7.72. The molecule has 0 spiro atoms. The molecule has 0 bridgehead atoms. The van der Waals surface area contributed by atoms with E-state index in [1.165, 1.54) is 74.5 Å². The molecule has 468 valence electrons. The van der Waals surface area contributed by atoms with Gasteiger partial charge in [-0.1, -0.05) is 107 Å². The summed E-state index contributed by atoms with van der Waals surface area (Å²) in [5, 5.41) is 30.9. The molecule has 9 rings (SSSR count). The number of aliphatic hydroxyl groups excluding tert-OH is 2. The predicted octanol–water partition coefficient (Wildman–Crippen LogP) is 8.05. The molecule has 0 saturated carbocycles. The zero-order valence-electron chi connectivity index (χ0n) is 45.8. The van der Waals surface area contributed by atoms with E-state index < -0.39 is 132 Å². The van der Waals surface area contributed by atoms with E-state index >= 15 is 0 Å². The highest BCUT2D eigenvalue weighted by Gasteiger charge is 2.75. The monoisotopic (exact) mass is 1270 g/mol. The van der Waals surface area contributed by atoms with Crippen LogP contribution in [0, 0.1) is 21.1 Å². The van der Waals surface area contributed by atoms with Gasteiger partial charge in [0.2, 0.25) is 5.60 Å². The fourth-order valence-electron chi connectivity index (χ4n) is 10.2. The number of H-pyrrole nitrogens is 2. The number of halogens is 9. The molecule has 32 heteroatoms. The molecule has 0 aliphatic carbocycles. The lowest BCUT2D eigenvalue weighted by Crippen LogP contribution is -2.58. The van der Waals surface area contributed by atoms with Gasteiger partial charge >= 0.3 is 47.5 Å². The molecule has 1 amide bonds. The first kappa shape index (κ1) is 66.8. The van der Waals surface area contributed by atoms with E-state index in [-0.39, 0.29) is 39.1 Å². The van der Waals surface area contributed by atoms with Gasteiger partial charge < -0.3 is 44.3 Å². The molecule has 3 saturated heterocycles. The molecular weight excluding hydrogens is 1220 g/mol. The molecule has 21 nitrogen and oxygen atoms in total. The quantitative estimate of drug-likeness (QED) is 0.0384. The molecule has 87 heavy (non-hydrogen) atoms. The Kier molecular flexibility index (Phi) is 20.2. The number of anilines is 1. The maximum atomic E-state index is 14.8. The van der Waals surface area contributed by atoms with Gasteiger partial charge in [0.1, 0.15) is 27.3 Å². The van der Waals surface area contributed by atoms with Crippen molar-refractivity contribution < 1.29 is 92.9 Å². The molecule has 3 fully saturated rings. The molecule has 3 aliphatic rings. The number of nitrogens with one attached hydrogen (secondary N) is 3. The second kappa shape index (κ2) is 26.3. The number of hydrogen-bond acceptors (Lipinski definition) is 17. The highest BCUT2D eigenvalue weighted by atomic mass is 32.1. The Labute approximate surface area is 495 Å². The molecule has 3 aromatic carbocycles. The van der Waals surface area contributed by atoms with E-state index in [9.17, 15) is 78.5 Å². The molecule has 3 aliphatic heterocycles. The largest absolute Gasteiger partial charge is 0.440 e. The molecule has 6 heterocycles. The summed E-state index contributed by atoms with van der Waals surface area (Å²) >= 11 is 9.50. The number of rotatable bonds is 12. The first-order valence-corrected chi connectivity index (χ1v) is 27.0. The van der Waals surface area contributed by atoms with Crippen LogP contribution in [-0.2, 0) is 23.7 Å². The number of carbonyl (C=O) groups excluding carboxylic acids is 3. The number of ether oxygens (including phenoxy) is 5. The Bertz CT molecular complexity index is 3720. The maximum Gasteiger partial charge on any atom is 0.433 e. The highest BCUT2D eigenvalue weighted by Crippen LogP contribution is 2.56. The third-order valence-electron chi connectivity index (χ3n) is 14.7. The summed E-state index contributed by atoms with van der Waals surface area (Å²) in [5.41, 5.74) is -12.9. The number of carbonyl (C=O) groups is 3. The number of alkyl halides is 9. The highest BCUT2D eigenvalue weighted by molar-refractivity contribution is 7.71. The van der Waals surface area contributed by atoms with E-state index in [1.54, 1.807) is 56.3 Å². The molecule has 6 N–H and O–H groups in total. The summed E-state index contributed by atoms with van der Waals surface area (Å²) < 4.78 is 156. The van der Waals surface area contributed by atoms with Crippen LogP contribution in [0.5, 0.6) is 0 Å². The van der Waals surface area contributed by atoms with Crippen molar-refractivity contribution in [2.24, 2.45) is 11.8 Å². The van der Waals surface area contributed by atoms with Gasteiger partial charge in [0, 0.05) is 36.0 Å². The number of benzene rings is 3. The van der Waals surface area contributed by atoms with E-state index in [1.807, 2.05) is 0 Å². The molecule has 6 aromatic rings. The topological polar surface area (TPSA) is 281 Å². The van der Waals surface area contributed by atoms with Crippen molar-refractivity contribution in [1.82, 2.24) is 28.7 Å². The lowest BCUT2D eigenvalue weighted by Gasteiger charge is -2.38. The van der Waals surface area contributed by atoms with Crippen molar-refractivity contribution in [2.75, 3.05) is 11.9 Å². The van der Waals surface area contributed by atoms with Crippen molar-refractivity contribution in [3.05, 3.63) is 185 Å². The number of amides is 1. The Morgan fingerprint density at radius 2 is 0.977 bits per heavy atom. The van der Waals surface area contributed by atoms with Crippen LogP contribution in [0.3, 0.4) is 0 Å². The van der Waals surface area contributed by atoms with E-state index in [0.717, 1.165) is 29.2 Å². The summed E-state index contributed by atoms with van der Waals surface area (Å²) in [7, 11) is 0. The summed E-state index contributed by atoms with van der Waals surface area (Å²) in [5.74, 6) is -5.68. The van der Waals surface area contributed by atoms with Gasteiger partial charge in [-0.2, -0.15) is 44.5 Å². The van der Waals surface area contributed by atoms with Crippen molar-refractivity contribution in [2.45, 2.75) is 119 Å². The molecule has 12 atom stereocenters. The standard InChI is InChI=1S/C26H24F3N3O5.C19H19F3N2O4S.C10H11F3N2O5S/c1-3-19-16(2)25(26(27,28)29,37-22(34)18-12-8-5-9-13-18)23(36-19)32-15-14-20(31-24(32)35)30-21(33)17-10-6-4-7-11-17;1-3-13-11(2)18(19(20,21)22,28-15(25)12-7-5-4-6-8-12)16(27-13)24-10-9-14(29)23-17(24)26;11-10(12,13)9(19)6(17)4(3-16)20-7(9)15-2-1-5(21)14-8(15)18/h4-16,19,23H,3H2,1-2H3,(H,30,31,33,35);4-11,13,16H,3H2,1-2H3,(H,23,26,29);1-2,4,6-7,16-17,19H,3H2,(H,14,18,21)/t16-,19+,23+,25?;11-,13+,16+,18?;4-,6+,7-,9?/m001/s1. The lowest BCUT2D eigenvalue weighted by molar-refractivity contribution is -0.304. The van der Waals surface area contributed by atoms with Gasteiger partial charge in [0.25, 0.3) is 17.1 Å². The van der Waals surface area contributed by atoms with Crippen LogP contribution in [-0.4, -0.2) is 128 Å². The second-order valence-electron chi connectivity index (χ2n) is 19.9. The minimum absolute atomic E-state index is 0.0240. The van der Waals surface area contributed by atoms with Gasteiger partial charge in [-0.25, -0.2) is 24.0 Å². The number of esters is 2. The van der Waals surface area contributed by atoms with Gasteiger partial charge in [-0.15, -0.1) is 0 Å². The van der Waals surface area contributed by atoms with E-state index in [4.69, 9.17) is 41.0 Å². The smallest absolute Gasteiger partial charge is 0.433 e. The van der Waals surface area contributed by atoms with Crippen molar-refractivity contribution in [3.8, 4) is 0 Å². The SMILES string of the molecule is CC[C@H]1O[C@@H](n2ccc(=S)[nH]c2=O)C(OC(=O)c2ccccc2)(C(F)(F)F)[C@H]1C.CC[C@H]1O[C@@H](n2ccc(NC(=O)c3ccccc3)nc2=O)C(OC(=O)c2ccccc2)(C(F)(F)F)[C@H]1C.O=c1[nH]c(=S)ccn1[C@@H]1O[C@H](CO)[C@H](O)C1(O)C(F)(F)F. The van der Waals surface area contributed by atoms with Gasteiger partial charge in [0.15, 0.2) is 18.7 Å². The van der Waals surface area contributed by atoms with Gasteiger partial charge in [-0.3, -0.25) is 28.5 Å². The van der Waals surface area contributed by atoms with Crippen molar-refractivity contribution in [1.29, 1.82) is 0 Å². The molecular formula is C55H54F9N7O14S2. The van der Waals surface area contributed by atoms with Crippen molar-refractivity contribution >= 4 is 48.1 Å². The zero-order chi connectivity index (χ0) is 64.2. The first-order chi connectivity index (χ1) is 40.8. The molecule has 3 unspecified atom stereocenters. The molecule has 3 aromatic heterocycles. The average Bonchev–Trinajstić information content (AvgIpc) is 1.65. The Morgan fingerprint density at radius 1 is 0.598 bits per heavy atom. The van der Waals surface area contributed by atoms with Crippen LogP contribution < -0.4 is 22.4 Å². The number of aromatic nitrogens is 6. The number of aromatic amines is 2. The zero-order valence-corrected chi connectivity index (χ0v) is 47.4. The second-order valence-corrected chi connectivity index (χ2v) is 20.8. The van der Waals surface area contributed by atoms with Crippen LogP contribution in [0.1, 0.15) is 90.3 Å². The van der Waals surface area contributed by atoms with Crippen LogP contribution in [0.15, 0.2) is 142 Å². The first-order valence-electron chi connectivity index (χ1n) is 26.2. The number of nitrogens with zero attached hydrogens (tertiary/aromatic N) is 4. The third-order valence-corrected chi connectivity index (χ3v) is 15.2. The maximum absolute atomic E-state index is 14.8. The van der Waals surface area contributed by atoms with E-state index in [0.29, 0.717) is 14.7 Å². The Morgan fingerprint density at radius 3 is 1.34 bits per heavy atom. The number of aliphatic hydroxyl groups is 3. The summed E-state index contributed by atoms with van der Waals surface area (Å²) in [6, 6.07) is 26.3. The predicted molar refractivity (Wildman–Crippen MR) is 291 cm³/mol. The van der Waals surface area contributed by atoms with Crippen LogP contribution in [0.2, 0.25) is 0 Å². The third kappa shape index (κ3) is 13.1. The van der Waals surface area contributed by atoms with Gasteiger partial charge in [-0.05, 0) is 67.4 Å². The Balaban J connectivity index is 0.000000194. The summed E-state index contributed by atoms with van der Waals surface area (Å²) in [6.07, 6.45) is -24.2. The normalized spacial score (nSPS) is 27.0. The average molecular weight is 1270 g/mol. The summed E-state index contributed by atoms with van der Waals surface area (Å²) in [6.45, 7) is 4.90. The van der Waals surface area contributed by atoms with E-state index in [2.05, 4.69) is 32.5 Å². The lowest BCUT2D eigenvalue weighted by atomic mass is 9.84. The summed E-state index contributed by atoms with van der Waals surface area (Å²) in [4.78, 5) is 82.9. The fraction of sp³-hybridized carbons (Fsp3) is 0.400. The van der Waals surface area contributed by atoms with Crippen molar-refractivity contribution in [3.63, 3.8) is 0 Å². The van der Waals surface area contributed by atoms with Crippen LogP contribution >= 0.6 is 24.4 Å².